The first kappa shape index (κ1) is 14.8. The van der Waals surface area contributed by atoms with Crippen LogP contribution in [0.1, 0.15) is 39.5 Å². The number of piperidine rings is 2. The zero-order valence-electron chi connectivity index (χ0n) is 13.5. The van der Waals surface area contributed by atoms with Crippen LogP contribution in [0.3, 0.4) is 0 Å². The number of hydrogen-bond acceptors (Lipinski definition) is 3. The highest BCUT2D eigenvalue weighted by atomic mass is 15.2. The van der Waals surface area contributed by atoms with Crippen LogP contribution in [0.2, 0.25) is 0 Å². The number of likely N-dealkylation sites (tertiary alicyclic amines) is 2. The third kappa shape index (κ3) is 3.55. The molecule has 3 heterocycles. The molecule has 3 rings (SSSR count). The van der Waals surface area contributed by atoms with Crippen LogP contribution in [0.15, 0.2) is 0 Å². The molecule has 0 aromatic carbocycles. The fourth-order valence-corrected chi connectivity index (χ4v) is 4.17. The van der Waals surface area contributed by atoms with Gasteiger partial charge in [0.15, 0.2) is 0 Å². The molecule has 0 aliphatic carbocycles. The van der Waals surface area contributed by atoms with Crippen LogP contribution in [0.4, 0.5) is 0 Å². The van der Waals surface area contributed by atoms with Gasteiger partial charge in [-0.15, -0.1) is 0 Å². The molecule has 3 aliphatic heterocycles. The first-order valence-electron chi connectivity index (χ1n) is 8.89. The van der Waals surface area contributed by atoms with Gasteiger partial charge in [0.05, 0.1) is 0 Å². The van der Waals surface area contributed by atoms with Crippen molar-refractivity contribution in [2.45, 2.75) is 45.6 Å². The quantitative estimate of drug-likeness (QED) is 0.849. The van der Waals surface area contributed by atoms with Crippen molar-refractivity contribution in [2.75, 3.05) is 45.8 Å². The second-order valence-corrected chi connectivity index (χ2v) is 7.68. The molecular weight excluding hydrogens is 246 g/mol. The number of hydrogen-bond donors (Lipinski definition) is 1. The Morgan fingerprint density at radius 1 is 1.00 bits per heavy atom. The molecule has 0 aromatic rings. The minimum Gasteiger partial charge on any atom is -0.317 e. The summed E-state index contributed by atoms with van der Waals surface area (Å²) in [5.74, 6) is 2.82. The van der Waals surface area contributed by atoms with Crippen LogP contribution < -0.4 is 5.32 Å². The molecule has 0 atom stereocenters. The molecule has 3 saturated heterocycles. The number of rotatable bonds is 4. The molecule has 116 valence electrons. The maximum Gasteiger partial charge on any atom is 0.0120 e. The fraction of sp³-hybridized carbons (Fsp3) is 1.00. The Bertz CT molecular complexity index is 285. The van der Waals surface area contributed by atoms with Crippen molar-refractivity contribution in [1.29, 1.82) is 0 Å². The average Bonchev–Trinajstić information content (AvgIpc) is 2.40. The third-order valence-electron chi connectivity index (χ3n) is 5.93. The normalized spacial score (nSPS) is 28.9. The second-order valence-electron chi connectivity index (χ2n) is 7.68. The minimum atomic E-state index is 0.881. The third-order valence-corrected chi connectivity index (χ3v) is 5.93. The van der Waals surface area contributed by atoms with Gasteiger partial charge in [0.2, 0.25) is 0 Å². The van der Waals surface area contributed by atoms with Crippen molar-refractivity contribution < 1.29 is 0 Å². The van der Waals surface area contributed by atoms with Crippen LogP contribution in [0.5, 0.6) is 0 Å². The van der Waals surface area contributed by atoms with Crippen molar-refractivity contribution in [2.24, 2.45) is 17.8 Å². The fourth-order valence-electron chi connectivity index (χ4n) is 4.17. The Morgan fingerprint density at radius 2 is 1.65 bits per heavy atom. The van der Waals surface area contributed by atoms with E-state index in [2.05, 4.69) is 29.0 Å². The molecule has 0 aromatic heterocycles. The van der Waals surface area contributed by atoms with Gasteiger partial charge in [0.1, 0.15) is 0 Å². The van der Waals surface area contributed by atoms with E-state index in [9.17, 15) is 0 Å². The van der Waals surface area contributed by atoms with Gasteiger partial charge in [-0.25, -0.2) is 0 Å². The van der Waals surface area contributed by atoms with Crippen molar-refractivity contribution in [3.8, 4) is 0 Å². The zero-order valence-corrected chi connectivity index (χ0v) is 13.5. The van der Waals surface area contributed by atoms with Gasteiger partial charge in [-0.2, -0.15) is 0 Å². The monoisotopic (exact) mass is 279 g/mol. The topological polar surface area (TPSA) is 18.5 Å². The average molecular weight is 279 g/mol. The van der Waals surface area contributed by atoms with Crippen LogP contribution in [0.25, 0.3) is 0 Å². The summed E-state index contributed by atoms with van der Waals surface area (Å²) in [4.78, 5) is 5.50. The summed E-state index contributed by atoms with van der Waals surface area (Å²) < 4.78 is 0. The summed E-state index contributed by atoms with van der Waals surface area (Å²) in [7, 11) is 0. The maximum absolute atomic E-state index is 3.48. The predicted molar refractivity (Wildman–Crippen MR) is 85.0 cm³/mol. The van der Waals surface area contributed by atoms with Crippen LogP contribution in [-0.2, 0) is 0 Å². The lowest BCUT2D eigenvalue weighted by Gasteiger charge is -2.49. The summed E-state index contributed by atoms with van der Waals surface area (Å²) >= 11 is 0. The van der Waals surface area contributed by atoms with Crippen LogP contribution in [-0.4, -0.2) is 61.7 Å². The molecule has 3 nitrogen and oxygen atoms in total. The lowest BCUT2D eigenvalue weighted by atomic mass is 9.85. The first-order valence-corrected chi connectivity index (χ1v) is 8.89. The van der Waals surface area contributed by atoms with E-state index in [-0.39, 0.29) is 0 Å². The van der Waals surface area contributed by atoms with Crippen LogP contribution in [0, 0.1) is 17.8 Å². The summed E-state index contributed by atoms with van der Waals surface area (Å²) in [6, 6.07) is 0.897. The van der Waals surface area contributed by atoms with Gasteiger partial charge in [-0.05, 0) is 69.6 Å². The Labute approximate surface area is 125 Å². The van der Waals surface area contributed by atoms with Crippen molar-refractivity contribution >= 4 is 0 Å². The van der Waals surface area contributed by atoms with E-state index in [1.165, 1.54) is 71.5 Å². The molecule has 1 N–H and O–H groups in total. The van der Waals surface area contributed by atoms with E-state index in [0.29, 0.717) is 0 Å². The predicted octanol–water partition coefficient (Wildman–Crippen LogP) is 2.04. The van der Waals surface area contributed by atoms with Gasteiger partial charge in [0.25, 0.3) is 0 Å². The second kappa shape index (κ2) is 6.76. The summed E-state index contributed by atoms with van der Waals surface area (Å²) in [6.07, 6.45) is 5.61. The molecule has 3 fully saturated rings. The smallest absolute Gasteiger partial charge is 0.0120 e. The molecule has 0 unspecified atom stereocenters. The molecule has 0 saturated carbocycles. The lowest BCUT2D eigenvalue weighted by molar-refractivity contribution is -0.00101. The Kier molecular flexibility index (Phi) is 5.00. The highest BCUT2D eigenvalue weighted by molar-refractivity contribution is 4.90. The van der Waals surface area contributed by atoms with E-state index in [4.69, 9.17) is 0 Å². The van der Waals surface area contributed by atoms with Gasteiger partial charge >= 0.3 is 0 Å². The highest BCUT2D eigenvalue weighted by Crippen LogP contribution is 2.29. The molecule has 3 aliphatic rings. The molecule has 0 bridgehead atoms. The zero-order chi connectivity index (χ0) is 13.9. The van der Waals surface area contributed by atoms with Crippen molar-refractivity contribution in [1.82, 2.24) is 15.1 Å². The van der Waals surface area contributed by atoms with E-state index >= 15 is 0 Å². The van der Waals surface area contributed by atoms with E-state index in [1.807, 2.05) is 0 Å². The summed E-state index contributed by atoms with van der Waals surface area (Å²) in [5.41, 5.74) is 0. The van der Waals surface area contributed by atoms with Gasteiger partial charge in [-0.1, -0.05) is 13.8 Å². The van der Waals surface area contributed by atoms with E-state index in [0.717, 1.165) is 23.8 Å². The maximum atomic E-state index is 3.48. The Balaban J connectivity index is 1.35. The molecule has 0 amide bonds. The van der Waals surface area contributed by atoms with Gasteiger partial charge in [0, 0.05) is 25.7 Å². The number of nitrogens with one attached hydrogen (secondary N) is 1. The van der Waals surface area contributed by atoms with Crippen molar-refractivity contribution in [3.05, 3.63) is 0 Å². The SMILES string of the molecule is CC(C)C1CN(C2CCN(CC3CCNCC3)CC2)C1. The minimum absolute atomic E-state index is 0.881. The first-order chi connectivity index (χ1) is 9.72. The van der Waals surface area contributed by atoms with E-state index in [1.54, 1.807) is 0 Å². The Hall–Kier alpha value is -0.120. The molecule has 3 heteroatoms. The van der Waals surface area contributed by atoms with Gasteiger partial charge in [-0.3, -0.25) is 4.90 Å². The van der Waals surface area contributed by atoms with Gasteiger partial charge < -0.3 is 10.2 Å². The highest BCUT2D eigenvalue weighted by Gasteiger charge is 2.35. The standard InChI is InChI=1S/C17H33N3/c1-14(2)16-12-20(13-16)17-5-9-19(10-6-17)11-15-3-7-18-8-4-15/h14-18H,3-13H2,1-2H3. The molecule has 0 radical (unpaired) electrons. The molecular formula is C17H33N3. The lowest BCUT2D eigenvalue weighted by Crippen LogP contribution is -2.56. The van der Waals surface area contributed by atoms with E-state index < -0.39 is 0 Å². The Morgan fingerprint density at radius 3 is 2.25 bits per heavy atom. The number of nitrogens with zero attached hydrogens (tertiary/aromatic N) is 2. The van der Waals surface area contributed by atoms with Crippen molar-refractivity contribution in [3.63, 3.8) is 0 Å². The largest absolute Gasteiger partial charge is 0.317 e. The summed E-state index contributed by atoms with van der Waals surface area (Å²) in [6.45, 7) is 14.0. The summed E-state index contributed by atoms with van der Waals surface area (Å²) in [5, 5.41) is 3.48. The molecule has 20 heavy (non-hydrogen) atoms. The van der Waals surface area contributed by atoms with Crippen LogP contribution >= 0.6 is 0 Å². The molecule has 0 spiro atoms.